The largest absolute Gasteiger partial charge is 0.481 e. The minimum atomic E-state index is -2.04. The highest BCUT2D eigenvalue weighted by molar-refractivity contribution is 6.00. The molecule has 0 aromatic carbocycles. The maximum atomic E-state index is 14.3. The van der Waals surface area contributed by atoms with Crippen LogP contribution >= 0.6 is 0 Å². The summed E-state index contributed by atoms with van der Waals surface area (Å²) in [6.07, 6.45) is -10.1. The molecule has 564 valence electrons. The van der Waals surface area contributed by atoms with Gasteiger partial charge in [-0.2, -0.15) is 0 Å². The number of hydrogen-bond donors (Lipinski definition) is 25. The number of H-pyrrole nitrogens is 1. The predicted molar refractivity (Wildman–Crippen MR) is 343 cm³/mol. The van der Waals surface area contributed by atoms with E-state index in [2.05, 4.69) is 73.8 Å². The molecule has 0 spiro atoms. The molecule has 1 fully saturated rings. The SMILES string of the molecule is CC(C)[C@H](NC(=O)[C@H](Cc1cnc[nH]1)NC(=O)CNC(=O)[C@H](CC(=O)NC1O[C@H](CO)[C@@H](O)[C@H](O)[C@H]1O)NC(=O)[C@H](CCCCN)NC(=O)[C@H](C)NC(=O)[C@@H](NC(=O)[C@H](CCCCN)NC(=O)[C@H](C)N)[C@@H](C)O)C(=O)N[C@@H](CCC(=O)O)C(=O)N[C@@H](C)C(=O)N[C@@H](CO)C(=O)NCC(=O)O. The summed E-state index contributed by atoms with van der Waals surface area (Å²) in [6.45, 7) is 4.29. The monoisotopic (exact) mass is 1430 g/mol. The zero-order valence-electron chi connectivity index (χ0n) is 56.1. The van der Waals surface area contributed by atoms with Crippen LogP contribution in [0.5, 0.6) is 0 Å². The van der Waals surface area contributed by atoms with Crippen LogP contribution in [0.4, 0.5) is 0 Å². The van der Waals surface area contributed by atoms with Gasteiger partial charge in [0.25, 0.3) is 0 Å². The number of aliphatic hydroxyl groups is 6. The van der Waals surface area contributed by atoms with Crippen molar-refractivity contribution in [1.29, 1.82) is 0 Å². The van der Waals surface area contributed by atoms with E-state index in [-0.39, 0.29) is 50.9 Å². The molecule has 28 N–H and O–H groups in total. The van der Waals surface area contributed by atoms with Gasteiger partial charge in [0.1, 0.15) is 91.4 Å². The Bertz CT molecular complexity index is 2920. The molecule has 100 heavy (non-hydrogen) atoms. The van der Waals surface area contributed by atoms with E-state index in [4.69, 9.17) is 27.0 Å². The van der Waals surface area contributed by atoms with Gasteiger partial charge in [0.2, 0.25) is 76.8 Å². The fraction of sp³-hybridized carbons (Fsp3) is 0.690. The lowest BCUT2D eigenvalue weighted by Crippen LogP contribution is -2.63. The van der Waals surface area contributed by atoms with Crippen molar-refractivity contribution in [3.05, 3.63) is 18.2 Å². The van der Waals surface area contributed by atoms with Gasteiger partial charge >= 0.3 is 11.9 Å². The number of rotatable bonds is 45. The molecule has 1 saturated heterocycles. The number of hydrogen-bond acceptors (Lipinski definition) is 26. The topological polar surface area (TPSA) is 690 Å². The number of ether oxygens (including phenoxy) is 1. The second-order valence-corrected chi connectivity index (χ2v) is 23.9. The van der Waals surface area contributed by atoms with E-state index < -0.39 is 243 Å². The molecule has 42 heteroatoms. The first-order valence-electron chi connectivity index (χ1n) is 32.0. The Morgan fingerprint density at radius 1 is 0.520 bits per heavy atom. The van der Waals surface area contributed by atoms with E-state index in [1.165, 1.54) is 40.2 Å². The summed E-state index contributed by atoms with van der Waals surface area (Å²) in [6, 6.07) is -17.3. The van der Waals surface area contributed by atoms with Gasteiger partial charge in [0, 0.05) is 24.7 Å². The number of carbonyl (C=O) groups is 15. The molecule has 0 radical (unpaired) electrons. The summed E-state index contributed by atoms with van der Waals surface area (Å²) in [5.74, 6) is -17.7. The summed E-state index contributed by atoms with van der Waals surface area (Å²) in [5, 5.41) is 110. The van der Waals surface area contributed by atoms with Crippen LogP contribution in [0, 0.1) is 5.92 Å². The van der Waals surface area contributed by atoms with E-state index in [0.717, 1.165) is 13.8 Å². The number of nitrogens with zero attached hydrogens (tertiary/aromatic N) is 1. The molecule has 17 atom stereocenters. The van der Waals surface area contributed by atoms with E-state index >= 15 is 0 Å². The smallest absolute Gasteiger partial charge is 0.322 e. The van der Waals surface area contributed by atoms with E-state index in [1.807, 2.05) is 5.32 Å². The van der Waals surface area contributed by atoms with Gasteiger partial charge in [-0.1, -0.05) is 13.8 Å². The number of carboxylic acids is 2. The Balaban J connectivity index is 2.47. The second kappa shape index (κ2) is 44.1. The Kier molecular flexibility index (Phi) is 38.3. The highest BCUT2D eigenvalue weighted by Gasteiger charge is 2.45. The summed E-state index contributed by atoms with van der Waals surface area (Å²) in [5.41, 5.74) is 17.2. The number of amides is 13. The first-order chi connectivity index (χ1) is 47.0. The Morgan fingerprint density at radius 3 is 1.51 bits per heavy atom. The van der Waals surface area contributed by atoms with Crippen molar-refractivity contribution in [3.8, 4) is 0 Å². The molecule has 1 aliphatic rings. The molecule has 2 heterocycles. The van der Waals surface area contributed by atoms with Crippen molar-refractivity contribution in [2.45, 2.75) is 209 Å². The second-order valence-electron chi connectivity index (χ2n) is 23.9. The van der Waals surface area contributed by atoms with Crippen LogP contribution in [0.25, 0.3) is 0 Å². The Morgan fingerprint density at radius 2 is 1.00 bits per heavy atom. The third-order valence-corrected chi connectivity index (χ3v) is 15.2. The third kappa shape index (κ3) is 30.1. The number of aliphatic hydroxyl groups excluding tert-OH is 6. The zero-order valence-corrected chi connectivity index (χ0v) is 56.1. The van der Waals surface area contributed by atoms with Crippen LogP contribution in [-0.4, -0.2) is 282 Å². The Labute approximate surface area is 573 Å². The summed E-state index contributed by atoms with van der Waals surface area (Å²) < 4.78 is 5.36. The maximum absolute atomic E-state index is 14.3. The van der Waals surface area contributed by atoms with Crippen molar-refractivity contribution >= 4 is 88.7 Å². The highest BCUT2D eigenvalue weighted by atomic mass is 16.6. The van der Waals surface area contributed by atoms with Crippen molar-refractivity contribution in [2.75, 3.05) is 39.4 Å². The van der Waals surface area contributed by atoms with Crippen LogP contribution in [0.2, 0.25) is 0 Å². The van der Waals surface area contributed by atoms with Gasteiger partial charge in [-0.15, -0.1) is 0 Å². The van der Waals surface area contributed by atoms with E-state index in [9.17, 15) is 108 Å². The molecule has 0 bridgehead atoms. The lowest BCUT2D eigenvalue weighted by atomic mass is 9.98. The average Bonchev–Trinajstić information content (AvgIpc) is 0.880. The number of aromatic amines is 1. The normalized spacial score (nSPS) is 19.3. The molecule has 42 nitrogen and oxygen atoms in total. The summed E-state index contributed by atoms with van der Waals surface area (Å²) >= 11 is 0. The number of carboxylic acid groups (broad SMARTS) is 2. The number of aromatic nitrogens is 2. The van der Waals surface area contributed by atoms with Gasteiger partial charge in [-0.25, -0.2) is 4.98 Å². The average molecular weight is 1430 g/mol. The van der Waals surface area contributed by atoms with Crippen molar-refractivity contribution in [3.63, 3.8) is 0 Å². The van der Waals surface area contributed by atoms with Crippen molar-refractivity contribution in [1.82, 2.24) is 79.1 Å². The lowest BCUT2D eigenvalue weighted by Gasteiger charge is -2.40. The quantitative estimate of drug-likeness (QED) is 0.0270. The lowest BCUT2D eigenvalue weighted by molar-refractivity contribution is -0.236. The van der Waals surface area contributed by atoms with Crippen LogP contribution < -0.4 is 86.3 Å². The molecule has 1 aromatic rings. The molecule has 0 saturated carbocycles. The number of aliphatic carboxylic acids is 2. The number of imidazole rings is 1. The van der Waals surface area contributed by atoms with Gasteiger partial charge < -0.3 is 137 Å². The fourth-order valence-corrected chi connectivity index (χ4v) is 9.36. The van der Waals surface area contributed by atoms with E-state index in [0.29, 0.717) is 12.8 Å². The minimum absolute atomic E-state index is 0.0661. The van der Waals surface area contributed by atoms with Gasteiger partial charge in [-0.05, 0) is 91.6 Å². The van der Waals surface area contributed by atoms with Gasteiger partial charge in [-0.3, -0.25) is 71.9 Å². The van der Waals surface area contributed by atoms with Crippen LogP contribution in [-0.2, 0) is 83.1 Å². The molecule has 13 amide bonds. The summed E-state index contributed by atoms with van der Waals surface area (Å²) in [7, 11) is 0. The van der Waals surface area contributed by atoms with Gasteiger partial charge in [0.05, 0.1) is 44.7 Å². The standard InChI is InChI=1S/C58H98N18O24/c1-25(2)42(56(98)71-33(13-14-40(82)83)52(94)66-27(4)49(91)73-36(22-77)51(93)64-21-41(84)85)75-55(97)34(17-30-19-62-24-65-30)68-39(81)20-63-50(92)35(18-38(80)74-58-46(88)45(87)44(86)37(23-78)100-58)72-53(95)31(11-7-9-15-59)70-48(90)28(5)67-57(99)43(29(6)79)76-54(96)32(12-8-10-16-60)69-47(89)26(3)61/h19,24-29,31-37,42-46,58,77-79,86-88H,7-18,20-23,59-61H2,1-6H3,(H,62,65)(H,63,92)(H,64,93)(H,66,94)(H,67,99)(H,68,81)(H,69,89)(H,70,90)(H,71,98)(H,72,95)(H,73,91)(H,74,80)(H,75,97)(H,76,96)(H,82,83)(H,84,85)/t26-,27-,28-,29+,31-,32-,33-,34-,35-,36-,37+,42-,43-,44+,45-,46+,58?/m0/s1. The first kappa shape index (κ1) is 86.9. The van der Waals surface area contributed by atoms with Gasteiger partial charge in [0.15, 0.2) is 6.23 Å². The van der Waals surface area contributed by atoms with Crippen LogP contribution in [0.15, 0.2) is 12.5 Å². The molecule has 2 rings (SSSR count). The molecule has 1 unspecified atom stereocenters. The number of unbranched alkanes of at least 4 members (excludes halogenated alkanes) is 2. The third-order valence-electron chi connectivity index (χ3n) is 15.2. The molecule has 1 aliphatic heterocycles. The predicted octanol–water partition coefficient (Wildman–Crippen LogP) is -12.0. The minimum Gasteiger partial charge on any atom is -0.481 e. The maximum Gasteiger partial charge on any atom is 0.322 e. The fourth-order valence-electron chi connectivity index (χ4n) is 9.36. The Hall–Kier alpha value is -9.14. The zero-order chi connectivity index (χ0) is 75.7. The van der Waals surface area contributed by atoms with Crippen LogP contribution in [0.3, 0.4) is 0 Å². The van der Waals surface area contributed by atoms with E-state index in [1.54, 1.807) is 0 Å². The number of carbonyl (C=O) groups excluding carboxylic acids is 13. The molecule has 1 aromatic heterocycles. The molecular formula is C58H98N18O24. The van der Waals surface area contributed by atoms with Crippen LogP contribution in [0.1, 0.15) is 105 Å². The number of nitrogens with one attached hydrogen (secondary N) is 14. The van der Waals surface area contributed by atoms with Crippen molar-refractivity contribution < 1.29 is 118 Å². The number of nitrogens with two attached hydrogens (primary N) is 3. The highest BCUT2D eigenvalue weighted by Crippen LogP contribution is 2.20. The van der Waals surface area contributed by atoms with Crippen molar-refractivity contribution in [2.24, 2.45) is 23.1 Å². The summed E-state index contributed by atoms with van der Waals surface area (Å²) in [4.78, 5) is 206. The molecular weight excluding hydrogens is 1330 g/mol. The molecule has 0 aliphatic carbocycles. The first-order valence-corrected chi connectivity index (χ1v) is 32.0.